The minimum atomic E-state index is -0.205. The molecule has 0 aliphatic carbocycles. The highest BCUT2D eigenvalue weighted by molar-refractivity contribution is 5.12. The minimum Gasteiger partial charge on any atom is -0.317 e. The molecule has 1 saturated heterocycles. The van der Waals surface area contributed by atoms with Crippen molar-refractivity contribution in [2.75, 3.05) is 13.1 Å². The quantitative estimate of drug-likeness (QED) is 0.804. The SMILES string of the molecule is Cc1nc(CC2CCNCC2)ccc1F. The Labute approximate surface area is 89.9 Å². The highest BCUT2D eigenvalue weighted by Gasteiger charge is 2.14. The monoisotopic (exact) mass is 208 g/mol. The summed E-state index contributed by atoms with van der Waals surface area (Å²) < 4.78 is 13.0. The maximum Gasteiger partial charge on any atom is 0.144 e. The molecule has 0 amide bonds. The number of nitrogens with zero attached hydrogens (tertiary/aromatic N) is 1. The summed E-state index contributed by atoms with van der Waals surface area (Å²) in [5, 5.41) is 3.34. The molecule has 82 valence electrons. The molecule has 1 N–H and O–H groups in total. The first-order chi connectivity index (χ1) is 7.25. The Morgan fingerprint density at radius 3 is 2.80 bits per heavy atom. The van der Waals surface area contributed by atoms with Crippen molar-refractivity contribution in [1.29, 1.82) is 0 Å². The Morgan fingerprint density at radius 1 is 1.40 bits per heavy atom. The summed E-state index contributed by atoms with van der Waals surface area (Å²) in [4.78, 5) is 4.27. The van der Waals surface area contributed by atoms with Gasteiger partial charge < -0.3 is 5.32 Å². The molecule has 1 fully saturated rings. The van der Waals surface area contributed by atoms with Crippen LogP contribution in [0.15, 0.2) is 12.1 Å². The molecular weight excluding hydrogens is 191 g/mol. The first-order valence-electron chi connectivity index (χ1n) is 5.58. The van der Waals surface area contributed by atoms with Crippen LogP contribution in [0.4, 0.5) is 4.39 Å². The highest BCUT2D eigenvalue weighted by atomic mass is 19.1. The highest BCUT2D eigenvalue weighted by Crippen LogP contribution is 2.17. The smallest absolute Gasteiger partial charge is 0.144 e. The van der Waals surface area contributed by atoms with Crippen molar-refractivity contribution in [3.8, 4) is 0 Å². The van der Waals surface area contributed by atoms with Gasteiger partial charge in [0, 0.05) is 5.69 Å². The summed E-state index contributed by atoms with van der Waals surface area (Å²) in [7, 11) is 0. The van der Waals surface area contributed by atoms with E-state index in [4.69, 9.17) is 0 Å². The van der Waals surface area contributed by atoms with Crippen LogP contribution in [0, 0.1) is 18.7 Å². The molecule has 2 rings (SSSR count). The van der Waals surface area contributed by atoms with Gasteiger partial charge in [0.15, 0.2) is 0 Å². The second-order valence-corrected chi connectivity index (χ2v) is 4.27. The number of halogens is 1. The van der Waals surface area contributed by atoms with Crippen molar-refractivity contribution in [1.82, 2.24) is 10.3 Å². The van der Waals surface area contributed by atoms with Gasteiger partial charge in [-0.15, -0.1) is 0 Å². The zero-order chi connectivity index (χ0) is 10.7. The fourth-order valence-corrected chi connectivity index (χ4v) is 2.09. The van der Waals surface area contributed by atoms with E-state index in [2.05, 4.69) is 10.3 Å². The van der Waals surface area contributed by atoms with E-state index in [1.54, 1.807) is 6.92 Å². The number of piperidine rings is 1. The lowest BCUT2D eigenvalue weighted by Gasteiger charge is -2.22. The molecule has 0 saturated carbocycles. The zero-order valence-corrected chi connectivity index (χ0v) is 9.09. The second-order valence-electron chi connectivity index (χ2n) is 4.27. The van der Waals surface area contributed by atoms with Crippen LogP contribution >= 0.6 is 0 Å². The normalized spacial score (nSPS) is 18.0. The molecule has 1 aromatic rings. The Morgan fingerprint density at radius 2 is 2.13 bits per heavy atom. The van der Waals surface area contributed by atoms with E-state index in [0.717, 1.165) is 25.2 Å². The first-order valence-corrected chi connectivity index (χ1v) is 5.58. The standard InChI is InChI=1S/C12H17FN2/c1-9-12(13)3-2-11(15-9)8-10-4-6-14-7-5-10/h2-3,10,14H,4-8H2,1H3. The summed E-state index contributed by atoms with van der Waals surface area (Å²) in [6.07, 6.45) is 3.40. The van der Waals surface area contributed by atoms with E-state index < -0.39 is 0 Å². The van der Waals surface area contributed by atoms with E-state index in [0.29, 0.717) is 11.6 Å². The number of hydrogen-bond donors (Lipinski definition) is 1. The number of aryl methyl sites for hydroxylation is 1. The molecule has 0 bridgehead atoms. The molecular formula is C12H17FN2. The van der Waals surface area contributed by atoms with Crippen molar-refractivity contribution >= 4 is 0 Å². The van der Waals surface area contributed by atoms with Crippen molar-refractivity contribution in [2.24, 2.45) is 5.92 Å². The van der Waals surface area contributed by atoms with Crippen molar-refractivity contribution < 1.29 is 4.39 Å². The van der Waals surface area contributed by atoms with Crippen molar-refractivity contribution in [2.45, 2.75) is 26.2 Å². The van der Waals surface area contributed by atoms with Crippen LogP contribution in [0.3, 0.4) is 0 Å². The largest absolute Gasteiger partial charge is 0.317 e. The maximum absolute atomic E-state index is 13.0. The zero-order valence-electron chi connectivity index (χ0n) is 9.09. The fraction of sp³-hybridized carbons (Fsp3) is 0.583. The summed E-state index contributed by atoms with van der Waals surface area (Å²) in [6, 6.07) is 3.34. The van der Waals surface area contributed by atoms with E-state index in [1.165, 1.54) is 18.9 Å². The van der Waals surface area contributed by atoms with Gasteiger partial charge in [-0.3, -0.25) is 4.98 Å². The molecule has 1 aromatic heterocycles. The molecule has 1 aliphatic rings. The van der Waals surface area contributed by atoms with Gasteiger partial charge >= 0.3 is 0 Å². The molecule has 1 aliphatic heterocycles. The van der Waals surface area contributed by atoms with E-state index in [9.17, 15) is 4.39 Å². The van der Waals surface area contributed by atoms with Crippen LogP contribution < -0.4 is 5.32 Å². The third-order valence-corrected chi connectivity index (χ3v) is 3.04. The van der Waals surface area contributed by atoms with Gasteiger partial charge in [0.25, 0.3) is 0 Å². The topological polar surface area (TPSA) is 24.9 Å². The summed E-state index contributed by atoms with van der Waals surface area (Å²) >= 11 is 0. The van der Waals surface area contributed by atoms with Crippen molar-refractivity contribution in [3.05, 3.63) is 29.3 Å². The second kappa shape index (κ2) is 4.71. The molecule has 0 spiro atoms. The molecule has 2 heterocycles. The predicted octanol–water partition coefficient (Wildman–Crippen LogP) is 2.07. The van der Waals surface area contributed by atoms with Crippen LogP contribution in [0.1, 0.15) is 24.2 Å². The minimum absolute atomic E-state index is 0.205. The van der Waals surface area contributed by atoms with Gasteiger partial charge in [-0.25, -0.2) is 4.39 Å². The van der Waals surface area contributed by atoms with E-state index in [-0.39, 0.29) is 5.82 Å². The van der Waals surface area contributed by atoms with Crippen LogP contribution in [0.25, 0.3) is 0 Å². The molecule has 0 aromatic carbocycles. The molecule has 0 unspecified atom stereocenters. The lowest BCUT2D eigenvalue weighted by Crippen LogP contribution is -2.28. The molecule has 0 radical (unpaired) electrons. The lowest BCUT2D eigenvalue weighted by atomic mass is 9.93. The van der Waals surface area contributed by atoms with Gasteiger partial charge in [0.1, 0.15) is 5.82 Å². The van der Waals surface area contributed by atoms with E-state index in [1.807, 2.05) is 6.07 Å². The van der Waals surface area contributed by atoms with Crippen molar-refractivity contribution in [3.63, 3.8) is 0 Å². The maximum atomic E-state index is 13.0. The fourth-order valence-electron chi connectivity index (χ4n) is 2.09. The van der Waals surface area contributed by atoms with Gasteiger partial charge in [-0.2, -0.15) is 0 Å². The van der Waals surface area contributed by atoms with Crippen LogP contribution in [-0.4, -0.2) is 18.1 Å². The number of nitrogens with one attached hydrogen (secondary N) is 1. The van der Waals surface area contributed by atoms with Gasteiger partial charge in [0.2, 0.25) is 0 Å². The number of aromatic nitrogens is 1. The average Bonchev–Trinajstić information content (AvgIpc) is 2.25. The molecule has 3 heteroatoms. The number of rotatable bonds is 2. The Kier molecular flexibility index (Phi) is 3.31. The first kappa shape index (κ1) is 10.6. The predicted molar refractivity (Wildman–Crippen MR) is 58.2 cm³/mol. The summed E-state index contributed by atoms with van der Waals surface area (Å²) in [5.41, 5.74) is 1.54. The molecule has 15 heavy (non-hydrogen) atoms. The van der Waals surface area contributed by atoms with E-state index >= 15 is 0 Å². The lowest BCUT2D eigenvalue weighted by molar-refractivity contribution is 0.369. The van der Waals surface area contributed by atoms with Crippen LogP contribution in [0.5, 0.6) is 0 Å². The number of hydrogen-bond acceptors (Lipinski definition) is 2. The third-order valence-electron chi connectivity index (χ3n) is 3.04. The average molecular weight is 208 g/mol. The van der Waals surface area contributed by atoms with Gasteiger partial charge in [-0.1, -0.05) is 0 Å². The third kappa shape index (κ3) is 2.75. The van der Waals surface area contributed by atoms with Crippen LogP contribution in [-0.2, 0) is 6.42 Å². The Bertz CT molecular complexity index is 332. The van der Waals surface area contributed by atoms with Gasteiger partial charge in [0.05, 0.1) is 5.69 Å². The Balaban J connectivity index is 2.00. The molecule has 2 nitrogen and oxygen atoms in total. The van der Waals surface area contributed by atoms with Gasteiger partial charge in [-0.05, 0) is 57.3 Å². The van der Waals surface area contributed by atoms with Crippen LogP contribution in [0.2, 0.25) is 0 Å². The molecule has 0 atom stereocenters. The number of pyridine rings is 1. The summed E-state index contributed by atoms with van der Waals surface area (Å²) in [5.74, 6) is 0.507. The summed E-state index contributed by atoms with van der Waals surface area (Å²) in [6.45, 7) is 3.93. The Hall–Kier alpha value is -0.960.